The van der Waals surface area contributed by atoms with Gasteiger partial charge in [0.15, 0.2) is 9.84 Å². The van der Waals surface area contributed by atoms with Gasteiger partial charge in [0.25, 0.3) is 0 Å². The Balaban J connectivity index is 2.29. The molecule has 1 aliphatic rings. The van der Waals surface area contributed by atoms with Gasteiger partial charge in [0, 0.05) is 18.7 Å². The highest BCUT2D eigenvalue weighted by molar-refractivity contribution is 7.91. The van der Waals surface area contributed by atoms with E-state index in [2.05, 4.69) is 15.4 Å². The zero-order valence-electron chi connectivity index (χ0n) is 10.3. The molecule has 0 amide bonds. The lowest BCUT2D eigenvalue weighted by molar-refractivity contribution is 0.586. The maximum Gasteiger partial charge on any atom is 0.153 e. The summed E-state index contributed by atoms with van der Waals surface area (Å²) in [6, 6.07) is 0. The van der Waals surface area contributed by atoms with E-state index in [1.54, 1.807) is 0 Å². The van der Waals surface area contributed by atoms with Crippen molar-refractivity contribution in [2.24, 2.45) is 5.84 Å². The molecule has 0 saturated carbocycles. The normalized spacial score (nSPS) is 18.7. The van der Waals surface area contributed by atoms with Gasteiger partial charge in [-0.05, 0) is 6.42 Å². The summed E-state index contributed by atoms with van der Waals surface area (Å²) in [6.07, 6.45) is 2.17. The van der Waals surface area contributed by atoms with Gasteiger partial charge in [0.05, 0.1) is 11.5 Å². The highest BCUT2D eigenvalue weighted by Gasteiger charge is 2.24. The number of hydrogen-bond donors (Lipinski definition) is 2. The molecule has 0 radical (unpaired) electrons. The third-order valence-electron chi connectivity index (χ3n) is 3.06. The summed E-state index contributed by atoms with van der Waals surface area (Å²) in [7, 11) is -2.88. The molecule has 0 bridgehead atoms. The van der Waals surface area contributed by atoms with Crippen molar-refractivity contribution in [1.29, 1.82) is 0 Å². The van der Waals surface area contributed by atoms with Crippen molar-refractivity contribution in [1.82, 2.24) is 9.97 Å². The molecule has 1 aliphatic heterocycles. The molecule has 0 atom stereocenters. The van der Waals surface area contributed by atoms with Gasteiger partial charge >= 0.3 is 0 Å². The third kappa shape index (κ3) is 2.54. The van der Waals surface area contributed by atoms with Gasteiger partial charge < -0.3 is 10.3 Å². The minimum absolute atomic E-state index is 0.172. The molecule has 1 saturated heterocycles. The topological polar surface area (TPSA) is 101 Å². The van der Waals surface area contributed by atoms with Crippen LogP contribution in [0, 0.1) is 0 Å². The first-order valence-corrected chi connectivity index (χ1v) is 7.65. The first kappa shape index (κ1) is 13.0. The molecule has 0 aromatic carbocycles. The molecule has 100 valence electrons. The number of rotatable bonds is 3. The van der Waals surface area contributed by atoms with Crippen LogP contribution >= 0.6 is 0 Å². The Morgan fingerprint density at radius 3 is 2.61 bits per heavy atom. The minimum atomic E-state index is -2.88. The zero-order valence-corrected chi connectivity index (χ0v) is 11.1. The Labute approximate surface area is 106 Å². The van der Waals surface area contributed by atoms with Gasteiger partial charge in [0.1, 0.15) is 18.0 Å². The molecule has 7 nitrogen and oxygen atoms in total. The average molecular weight is 271 g/mol. The van der Waals surface area contributed by atoms with Crippen LogP contribution in [0.2, 0.25) is 0 Å². The van der Waals surface area contributed by atoms with Crippen molar-refractivity contribution in [2.45, 2.75) is 13.3 Å². The van der Waals surface area contributed by atoms with Gasteiger partial charge in [-0.1, -0.05) is 6.92 Å². The molecule has 2 heterocycles. The number of nitrogens with zero attached hydrogens (tertiary/aromatic N) is 3. The second-order valence-electron chi connectivity index (χ2n) is 4.16. The van der Waals surface area contributed by atoms with Crippen LogP contribution in [0.3, 0.4) is 0 Å². The van der Waals surface area contributed by atoms with Crippen LogP contribution in [-0.2, 0) is 16.3 Å². The summed E-state index contributed by atoms with van der Waals surface area (Å²) >= 11 is 0. The van der Waals surface area contributed by atoms with Crippen molar-refractivity contribution >= 4 is 21.5 Å². The fourth-order valence-corrected chi connectivity index (χ4v) is 3.25. The Hall–Kier alpha value is -1.41. The number of hydrogen-bond acceptors (Lipinski definition) is 7. The molecule has 18 heavy (non-hydrogen) atoms. The van der Waals surface area contributed by atoms with Crippen LogP contribution in [0.15, 0.2) is 6.33 Å². The van der Waals surface area contributed by atoms with Crippen LogP contribution in [0.4, 0.5) is 11.6 Å². The summed E-state index contributed by atoms with van der Waals surface area (Å²) in [6.45, 7) is 2.93. The number of anilines is 2. The van der Waals surface area contributed by atoms with Crippen LogP contribution in [0.5, 0.6) is 0 Å². The largest absolute Gasteiger partial charge is 0.354 e. The Kier molecular flexibility index (Phi) is 3.67. The predicted molar refractivity (Wildman–Crippen MR) is 70.1 cm³/mol. The summed E-state index contributed by atoms with van der Waals surface area (Å²) in [4.78, 5) is 10.3. The molecule has 0 unspecified atom stereocenters. The van der Waals surface area contributed by atoms with Crippen molar-refractivity contribution in [3.8, 4) is 0 Å². The minimum Gasteiger partial charge on any atom is -0.354 e. The molecular weight excluding hydrogens is 254 g/mol. The van der Waals surface area contributed by atoms with Crippen molar-refractivity contribution in [3.05, 3.63) is 11.9 Å². The molecule has 1 fully saturated rings. The number of aromatic nitrogens is 2. The van der Waals surface area contributed by atoms with E-state index in [-0.39, 0.29) is 11.5 Å². The quantitative estimate of drug-likeness (QED) is 0.567. The monoisotopic (exact) mass is 271 g/mol. The van der Waals surface area contributed by atoms with E-state index in [9.17, 15) is 8.42 Å². The zero-order chi connectivity index (χ0) is 13.2. The molecule has 0 aliphatic carbocycles. The van der Waals surface area contributed by atoms with Crippen molar-refractivity contribution in [2.75, 3.05) is 34.9 Å². The molecular formula is C10H17N5O2S. The lowest BCUT2D eigenvalue weighted by Gasteiger charge is -2.29. The maximum absolute atomic E-state index is 11.4. The highest BCUT2D eigenvalue weighted by atomic mass is 32.2. The van der Waals surface area contributed by atoms with Crippen LogP contribution in [0.25, 0.3) is 0 Å². The summed E-state index contributed by atoms with van der Waals surface area (Å²) < 4.78 is 22.8. The standard InChI is InChI=1S/C10H17N5O2S/c1-2-8-9(14-11)12-7-13-10(8)15-3-5-18(16,17)6-4-15/h7H,2-6,11H2,1H3,(H,12,13,14). The van der Waals surface area contributed by atoms with E-state index in [0.717, 1.165) is 17.8 Å². The van der Waals surface area contributed by atoms with Gasteiger partial charge in [-0.15, -0.1) is 0 Å². The van der Waals surface area contributed by atoms with Gasteiger partial charge in [-0.2, -0.15) is 0 Å². The van der Waals surface area contributed by atoms with E-state index in [1.165, 1.54) is 6.33 Å². The number of hydrazine groups is 1. The van der Waals surface area contributed by atoms with Crippen molar-refractivity contribution < 1.29 is 8.42 Å². The fraction of sp³-hybridized carbons (Fsp3) is 0.600. The Bertz CT molecular complexity index is 517. The lowest BCUT2D eigenvalue weighted by Crippen LogP contribution is -2.41. The van der Waals surface area contributed by atoms with Crippen LogP contribution in [-0.4, -0.2) is 43.0 Å². The van der Waals surface area contributed by atoms with E-state index in [0.29, 0.717) is 18.9 Å². The van der Waals surface area contributed by atoms with E-state index in [1.807, 2.05) is 11.8 Å². The molecule has 0 spiro atoms. The van der Waals surface area contributed by atoms with E-state index < -0.39 is 9.84 Å². The highest BCUT2D eigenvalue weighted by Crippen LogP contribution is 2.24. The summed E-state index contributed by atoms with van der Waals surface area (Å²) in [5.74, 6) is 7.12. The molecule has 2 rings (SSSR count). The van der Waals surface area contributed by atoms with Gasteiger partial charge in [-0.25, -0.2) is 24.2 Å². The van der Waals surface area contributed by atoms with Crippen LogP contribution < -0.4 is 16.2 Å². The van der Waals surface area contributed by atoms with Crippen LogP contribution in [0.1, 0.15) is 12.5 Å². The number of nitrogen functional groups attached to an aromatic ring is 1. The third-order valence-corrected chi connectivity index (χ3v) is 4.67. The smallest absolute Gasteiger partial charge is 0.153 e. The predicted octanol–water partition coefficient (Wildman–Crippen LogP) is -0.441. The fourth-order valence-electron chi connectivity index (χ4n) is 2.05. The van der Waals surface area contributed by atoms with E-state index >= 15 is 0 Å². The average Bonchev–Trinajstić information content (AvgIpc) is 2.37. The van der Waals surface area contributed by atoms with Crippen molar-refractivity contribution in [3.63, 3.8) is 0 Å². The number of sulfone groups is 1. The van der Waals surface area contributed by atoms with Gasteiger partial charge in [0.2, 0.25) is 0 Å². The molecule has 1 aromatic rings. The first-order valence-electron chi connectivity index (χ1n) is 5.83. The Morgan fingerprint density at radius 1 is 1.39 bits per heavy atom. The first-order chi connectivity index (χ1) is 8.57. The molecule has 3 N–H and O–H groups in total. The molecule has 8 heteroatoms. The second kappa shape index (κ2) is 5.07. The number of nitrogens with one attached hydrogen (secondary N) is 1. The second-order valence-corrected chi connectivity index (χ2v) is 6.46. The maximum atomic E-state index is 11.4. The lowest BCUT2D eigenvalue weighted by atomic mass is 10.2. The van der Waals surface area contributed by atoms with E-state index in [4.69, 9.17) is 5.84 Å². The summed E-state index contributed by atoms with van der Waals surface area (Å²) in [5, 5.41) is 0. The number of nitrogens with two attached hydrogens (primary N) is 1. The summed E-state index contributed by atoms with van der Waals surface area (Å²) in [5.41, 5.74) is 3.46. The SMILES string of the molecule is CCc1c(NN)ncnc1N1CCS(=O)(=O)CC1. The Morgan fingerprint density at radius 2 is 2.06 bits per heavy atom. The van der Waals surface area contributed by atoms with Gasteiger partial charge in [-0.3, -0.25) is 0 Å². The molecule has 1 aromatic heterocycles.